The van der Waals surface area contributed by atoms with E-state index in [0.29, 0.717) is 31.8 Å². The van der Waals surface area contributed by atoms with E-state index >= 15 is 0 Å². The van der Waals surface area contributed by atoms with Gasteiger partial charge in [-0.15, -0.1) is 0 Å². The summed E-state index contributed by atoms with van der Waals surface area (Å²) in [4.78, 5) is 11.9. The average Bonchev–Trinajstić information content (AvgIpc) is 2.21. The number of amides is 1. The van der Waals surface area contributed by atoms with E-state index in [4.69, 9.17) is 28.3 Å². The monoisotopic (exact) mass is 301 g/mol. The number of ether oxygens (including phenoxy) is 1. The second-order valence-electron chi connectivity index (χ2n) is 7.94. The molecule has 1 unspecified atom stereocenters. The molecular formula is C16H30B3NO2. The third kappa shape index (κ3) is 12.2. The molecule has 0 aliphatic rings. The summed E-state index contributed by atoms with van der Waals surface area (Å²) in [6.45, 7) is 12.1. The number of carbonyl (C=O) groups excluding carboxylic acids is 1. The van der Waals surface area contributed by atoms with Crippen molar-refractivity contribution in [3.8, 4) is 0 Å². The number of rotatable bonds is 10. The van der Waals surface area contributed by atoms with Gasteiger partial charge in [-0.3, -0.25) is 4.79 Å². The van der Waals surface area contributed by atoms with Crippen LogP contribution in [-0.2, 0) is 9.53 Å². The fraction of sp³-hybridized carbons (Fsp3) is 0.938. The Balaban J connectivity index is 4.33. The van der Waals surface area contributed by atoms with E-state index in [1.165, 1.54) is 0 Å². The van der Waals surface area contributed by atoms with Gasteiger partial charge in [0.2, 0.25) is 5.91 Å². The van der Waals surface area contributed by atoms with Crippen molar-refractivity contribution in [2.24, 2.45) is 5.92 Å². The Kier molecular flexibility index (Phi) is 8.32. The average molecular weight is 301 g/mol. The van der Waals surface area contributed by atoms with E-state index in [0.717, 1.165) is 6.42 Å². The lowest BCUT2D eigenvalue weighted by Crippen LogP contribution is -2.51. The molecule has 0 aromatic rings. The molecule has 0 heterocycles. The molecular weight excluding hydrogens is 271 g/mol. The smallest absolute Gasteiger partial charge is 0.219 e. The van der Waals surface area contributed by atoms with Gasteiger partial charge in [0, 0.05) is 13.0 Å². The molecule has 0 aromatic heterocycles. The number of hydrogen-bond donors (Lipinski definition) is 1. The van der Waals surface area contributed by atoms with Crippen LogP contribution in [0.4, 0.5) is 0 Å². The van der Waals surface area contributed by atoms with Crippen LogP contribution in [0.15, 0.2) is 0 Å². The lowest BCUT2D eigenvalue weighted by molar-refractivity contribution is -0.123. The van der Waals surface area contributed by atoms with Gasteiger partial charge in [0.25, 0.3) is 0 Å². The standard InChI is InChI=1S/C16H30B3NO2/c1-12(2)7-8-13(21)20-16(6,19)11-14(3,4)22-10-9-15(5,17)18/h12H,7-11H2,1-6H3,(H,20,21). The maximum atomic E-state index is 11.9. The largest absolute Gasteiger partial charge is 0.376 e. The molecule has 0 spiro atoms. The predicted molar refractivity (Wildman–Crippen MR) is 95.5 cm³/mol. The van der Waals surface area contributed by atoms with E-state index in [-0.39, 0.29) is 5.91 Å². The number of hydrogen-bond acceptors (Lipinski definition) is 2. The molecule has 1 atom stereocenters. The Morgan fingerprint density at radius 2 is 1.68 bits per heavy atom. The summed E-state index contributed by atoms with van der Waals surface area (Å²) >= 11 is 0. The van der Waals surface area contributed by atoms with Crippen LogP contribution in [0.3, 0.4) is 0 Å². The topological polar surface area (TPSA) is 38.3 Å². The van der Waals surface area contributed by atoms with Gasteiger partial charge in [-0.25, -0.2) is 0 Å². The lowest BCUT2D eigenvalue weighted by atomic mass is 9.54. The highest BCUT2D eigenvalue weighted by Crippen LogP contribution is 2.25. The molecule has 6 radical (unpaired) electrons. The zero-order valence-electron chi connectivity index (χ0n) is 15.2. The third-order valence-electron chi connectivity index (χ3n) is 3.30. The van der Waals surface area contributed by atoms with Gasteiger partial charge in [-0.05, 0) is 44.5 Å². The van der Waals surface area contributed by atoms with Crippen LogP contribution in [0, 0.1) is 5.92 Å². The second-order valence-corrected chi connectivity index (χ2v) is 7.94. The van der Waals surface area contributed by atoms with Crippen LogP contribution < -0.4 is 5.32 Å². The third-order valence-corrected chi connectivity index (χ3v) is 3.30. The van der Waals surface area contributed by atoms with Crippen LogP contribution in [-0.4, -0.2) is 47.1 Å². The Hall–Kier alpha value is -0.375. The SMILES string of the molecule is [B]C([B])(C)CCOC(C)(C)CC([B])(C)NC(=O)CCC(C)C. The molecule has 0 rings (SSSR count). The van der Waals surface area contributed by atoms with Gasteiger partial charge < -0.3 is 10.1 Å². The number of nitrogens with one attached hydrogen (secondary N) is 1. The van der Waals surface area contributed by atoms with E-state index in [2.05, 4.69) is 19.2 Å². The first kappa shape index (κ1) is 21.6. The first-order valence-corrected chi connectivity index (χ1v) is 8.04. The van der Waals surface area contributed by atoms with E-state index in [1.807, 2.05) is 13.8 Å². The molecule has 0 saturated heterocycles. The van der Waals surface area contributed by atoms with Gasteiger partial charge in [0.05, 0.1) is 21.3 Å². The van der Waals surface area contributed by atoms with Crippen molar-refractivity contribution in [2.75, 3.05) is 6.61 Å². The highest BCUT2D eigenvalue weighted by molar-refractivity contribution is 6.39. The molecule has 6 heteroatoms. The van der Waals surface area contributed by atoms with Crippen molar-refractivity contribution < 1.29 is 9.53 Å². The molecule has 1 amide bonds. The molecule has 3 nitrogen and oxygen atoms in total. The first-order valence-electron chi connectivity index (χ1n) is 8.04. The lowest BCUT2D eigenvalue weighted by Gasteiger charge is -2.37. The molecule has 0 bridgehead atoms. The predicted octanol–water partition coefficient (Wildman–Crippen LogP) is 2.47. The Morgan fingerprint density at radius 1 is 1.14 bits per heavy atom. The fourth-order valence-electron chi connectivity index (χ4n) is 2.33. The Bertz CT molecular complexity index is 350. The molecule has 22 heavy (non-hydrogen) atoms. The fourth-order valence-corrected chi connectivity index (χ4v) is 2.33. The second kappa shape index (κ2) is 8.47. The minimum Gasteiger partial charge on any atom is -0.376 e. The van der Waals surface area contributed by atoms with Crippen LogP contribution in [0.25, 0.3) is 0 Å². The van der Waals surface area contributed by atoms with Crippen molar-refractivity contribution in [1.29, 1.82) is 0 Å². The van der Waals surface area contributed by atoms with Gasteiger partial charge in [0.1, 0.15) is 7.85 Å². The number of carbonyl (C=O) groups is 1. The zero-order chi connectivity index (χ0) is 17.6. The van der Waals surface area contributed by atoms with Gasteiger partial charge in [-0.2, -0.15) is 0 Å². The minimum absolute atomic E-state index is 0.0222. The highest BCUT2D eigenvalue weighted by Gasteiger charge is 2.30. The van der Waals surface area contributed by atoms with Crippen LogP contribution in [0.2, 0.25) is 5.21 Å². The van der Waals surface area contributed by atoms with Crippen LogP contribution in [0.1, 0.15) is 67.2 Å². The summed E-state index contributed by atoms with van der Waals surface area (Å²) < 4.78 is 5.83. The molecule has 0 aromatic carbocycles. The summed E-state index contributed by atoms with van der Waals surface area (Å²) in [7, 11) is 17.7. The van der Waals surface area contributed by atoms with Crippen molar-refractivity contribution in [3.05, 3.63) is 0 Å². The maximum absolute atomic E-state index is 11.9. The van der Waals surface area contributed by atoms with Gasteiger partial charge in [0.15, 0.2) is 0 Å². The Labute approximate surface area is 140 Å². The van der Waals surface area contributed by atoms with E-state index in [9.17, 15) is 4.79 Å². The summed E-state index contributed by atoms with van der Waals surface area (Å²) in [6.07, 6.45) is 2.40. The van der Waals surface area contributed by atoms with Crippen molar-refractivity contribution in [1.82, 2.24) is 5.32 Å². The van der Waals surface area contributed by atoms with Crippen LogP contribution in [0.5, 0.6) is 0 Å². The van der Waals surface area contributed by atoms with Crippen LogP contribution >= 0.6 is 0 Å². The van der Waals surface area contributed by atoms with E-state index in [1.54, 1.807) is 13.8 Å². The molecule has 0 fully saturated rings. The van der Waals surface area contributed by atoms with Gasteiger partial charge >= 0.3 is 0 Å². The molecule has 0 saturated carbocycles. The summed E-state index contributed by atoms with van der Waals surface area (Å²) in [5.41, 5.74) is -1.29. The van der Waals surface area contributed by atoms with E-state index < -0.39 is 16.3 Å². The summed E-state index contributed by atoms with van der Waals surface area (Å²) in [5, 5.41) is 2.14. The quantitative estimate of drug-likeness (QED) is 0.630. The van der Waals surface area contributed by atoms with Crippen molar-refractivity contribution in [2.45, 2.75) is 83.5 Å². The summed E-state index contributed by atoms with van der Waals surface area (Å²) in [5.74, 6) is 0.474. The maximum Gasteiger partial charge on any atom is 0.219 e. The minimum atomic E-state index is -0.813. The Morgan fingerprint density at radius 3 is 2.14 bits per heavy atom. The first-order chi connectivity index (χ1) is 9.72. The van der Waals surface area contributed by atoms with Crippen molar-refractivity contribution >= 4 is 29.4 Å². The summed E-state index contributed by atoms with van der Waals surface area (Å²) in [6, 6.07) is 0. The van der Waals surface area contributed by atoms with Gasteiger partial charge in [-0.1, -0.05) is 32.9 Å². The normalized spacial score (nSPS) is 15.6. The zero-order valence-corrected chi connectivity index (χ0v) is 15.2. The molecule has 0 aliphatic carbocycles. The molecule has 120 valence electrons. The van der Waals surface area contributed by atoms with Crippen molar-refractivity contribution in [3.63, 3.8) is 0 Å². The highest BCUT2D eigenvalue weighted by atomic mass is 16.5. The molecule has 0 aliphatic heterocycles. The molecule has 1 N–H and O–H groups in total.